The van der Waals surface area contributed by atoms with Gasteiger partial charge in [0.2, 0.25) is 0 Å². The number of guanidine groups is 1. The molecule has 0 unspecified atom stereocenters. The van der Waals surface area contributed by atoms with Crippen LogP contribution in [-0.4, -0.2) is 51.5 Å². The van der Waals surface area contributed by atoms with Crippen molar-refractivity contribution in [1.29, 1.82) is 0 Å². The standard InChI is InChI=1S/C11H20N4O2S2.HI/c1-9-15-10(8-18-9)4-5-13-11(12-2)14-6-7-19(3,16)17;/h8H,4-7H2,1-3H3,(H2,12,13,14);1H. The minimum Gasteiger partial charge on any atom is -0.356 e. The Kier molecular flexibility index (Phi) is 9.30. The number of nitrogens with zero attached hydrogens (tertiary/aromatic N) is 2. The van der Waals surface area contributed by atoms with Crippen LogP contribution >= 0.6 is 35.3 Å². The van der Waals surface area contributed by atoms with Crippen LogP contribution in [0.5, 0.6) is 0 Å². The van der Waals surface area contributed by atoms with Gasteiger partial charge in [-0.25, -0.2) is 13.4 Å². The fourth-order valence-corrected chi connectivity index (χ4v) is 2.53. The minimum absolute atomic E-state index is 0. The first-order chi connectivity index (χ1) is 8.90. The van der Waals surface area contributed by atoms with E-state index in [0.717, 1.165) is 17.1 Å². The van der Waals surface area contributed by atoms with Crippen LogP contribution in [0.3, 0.4) is 0 Å². The molecule has 0 saturated carbocycles. The highest BCUT2D eigenvalue weighted by Gasteiger charge is 2.03. The van der Waals surface area contributed by atoms with E-state index in [1.807, 2.05) is 12.3 Å². The van der Waals surface area contributed by atoms with Gasteiger partial charge >= 0.3 is 0 Å². The smallest absolute Gasteiger partial charge is 0.191 e. The molecule has 0 radical (unpaired) electrons. The van der Waals surface area contributed by atoms with E-state index in [1.165, 1.54) is 6.26 Å². The van der Waals surface area contributed by atoms with Crippen LogP contribution in [0.4, 0.5) is 0 Å². The van der Waals surface area contributed by atoms with Crippen LogP contribution in [0.2, 0.25) is 0 Å². The number of hydrogen-bond acceptors (Lipinski definition) is 5. The average molecular weight is 432 g/mol. The molecule has 0 atom stereocenters. The monoisotopic (exact) mass is 432 g/mol. The lowest BCUT2D eigenvalue weighted by Gasteiger charge is -2.10. The summed E-state index contributed by atoms with van der Waals surface area (Å²) in [6.07, 6.45) is 2.03. The minimum atomic E-state index is -2.94. The van der Waals surface area contributed by atoms with Crippen molar-refractivity contribution >= 4 is 51.1 Å². The number of nitrogens with one attached hydrogen (secondary N) is 2. The zero-order valence-electron chi connectivity index (χ0n) is 11.8. The number of halogens is 1. The summed E-state index contributed by atoms with van der Waals surface area (Å²) in [5.41, 5.74) is 1.06. The van der Waals surface area contributed by atoms with Crippen molar-refractivity contribution in [2.75, 3.05) is 32.1 Å². The lowest BCUT2D eigenvalue weighted by Crippen LogP contribution is -2.40. The molecule has 0 aromatic carbocycles. The Bertz CT molecular complexity index is 528. The Hall–Kier alpha value is -0.420. The molecular formula is C11H21IN4O2S2. The molecule has 0 saturated heterocycles. The second-order valence-corrected chi connectivity index (χ2v) is 7.49. The van der Waals surface area contributed by atoms with Crippen LogP contribution < -0.4 is 10.6 Å². The van der Waals surface area contributed by atoms with Gasteiger partial charge in [0.25, 0.3) is 0 Å². The highest BCUT2D eigenvalue weighted by Crippen LogP contribution is 2.07. The van der Waals surface area contributed by atoms with E-state index in [1.54, 1.807) is 18.4 Å². The van der Waals surface area contributed by atoms with E-state index in [9.17, 15) is 8.42 Å². The molecule has 20 heavy (non-hydrogen) atoms. The molecule has 1 heterocycles. The van der Waals surface area contributed by atoms with E-state index >= 15 is 0 Å². The molecule has 0 aliphatic rings. The summed E-state index contributed by atoms with van der Waals surface area (Å²) in [6, 6.07) is 0. The topological polar surface area (TPSA) is 83.4 Å². The van der Waals surface area contributed by atoms with Crippen molar-refractivity contribution < 1.29 is 8.42 Å². The quantitative estimate of drug-likeness (QED) is 0.395. The van der Waals surface area contributed by atoms with E-state index in [-0.39, 0.29) is 29.7 Å². The Balaban J connectivity index is 0.00000361. The van der Waals surface area contributed by atoms with Gasteiger partial charge in [0, 0.05) is 38.2 Å². The maximum atomic E-state index is 11.0. The third kappa shape index (κ3) is 8.69. The van der Waals surface area contributed by atoms with Crippen molar-refractivity contribution in [2.45, 2.75) is 13.3 Å². The molecule has 1 aromatic heterocycles. The van der Waals surface area contributed by atoms with Gasteiger partial charge < -0.3 is 10.6 Å². The van der Waals surface area contributed by atoms with Crippen molar-refractivity contribution in [3.05, 3.63) is 16.1 Å². The molecule has 0 amide bonds. The first-order valence-electron chi connectivity index (χ1n) is 5.94. The Morgan fingerprint density at radius 1 is 1.40 bits per heavy atom. The first-order valence-corrected chi connectivity index (χ1v) is 8.88. The van der Waals surface area contributed by atoms with Crippen LogP contribution in [0, 0.1) is 6.92 Å². The molecule has 0 spiro atoms. The van der Waals surface area contributed by atoms with E-state index in [0.29, 0.717) is 19.0 Å². The molecule has 0 aliphatic carbocycles. The van der Waals surface area contributed by atoms with Gasteiger partial charge in [-0.2, -0.15) is 0 Å². The average Bonchev–Trinajstić information content (AvgIpc) is 2.71. The number of rotatable bonds is 6. The van der Waals surface area contributed by atoms with Crippen molar-refractivity contribution in [2.24, 2.45) is 4.99 Å². The SMILES string of the molecule is CN=C(NCCc1csc(C)n1)NCCS(C)(=O)=O.I. The lowest BCUT2D eigenvalue weighted by atomic mass is 10.3. The summed E-state index contributed by atoms with van der Waals surface area (Å²) < 4.78 is 22.0. The molecule has 116 valence electrons. The first kappa shape index (κ1) is 19.6. The normalized spacial score (nSPS) is 11.8. The highest BCUT2D eigenvalue weighted by molar-refractivity contribution is 14.0. The number of aliphatic imine (C=N–C) groups is 1. The number of hydrogen-bond donors (Lipinski definition) is 2. The summed E-state index contributed by atoms with van der Waals surface area (Å²) in [5, 5.41) is 9.18. The summed E-state index contributed by atoms with van der Waals surface area (Å²) in [5.74, 6) is 0.703. The van der Waals surface area contributed by atoms with Crippen LogP contribution in [0.15, 0.2) is 10.4 Å². The van der Waals surface area contributed by atoms with E-state index < -0.39 is 9.84 Å². The molecule has 0 fully saturated rings. The molecule has 1 aromatic rings. The number of aromatic nitrogens is 1. The maximum absolute atomic E-state index is 11.0. The van der Waals surface area contributed by atoms with Crippen molar-refractivity contribution in [3.63, 3.8) is 0 Å². The van der Waals surface area contributed by atoms with Gasteiger partial charge in [-0.15, -0.1) is 35.3 Å². The van der Waals surface area contributed by atoms with Crippen LogP contribution in [0.25, 0.3) is 0 Å². The van der Waals surface area contributed by atoms with Gasteiger partial charge in [-0.3, -0.25) is 4.99 Å². The Labute approximate surface area is 141 Å². The van der Waals surface area contributed by atoms with E-state index in [2.05, 4.69) is 20.6 Å². The third-order valence-corrected chi connectivity index (χ3v) is 4.10. The Morgan fingerprint density at radius 3 is 2.55 bits per heavy atom. The molecule has 2 N–H and O–H groups in total. The second-order valence-electron chi connectivity index (χ2n) is 4.16. The summed E-state index contributed by atoms with van der Waals surface area (Å²) in [7, 11) is -1.29. The fourth-order valence-electron chi connectivity index (χ4n) is 1.41. The largest absolute Gasteiger partial charge is 0.356 e. The zero-order valence-corrected chi connectivity index (χ0v) is 15.8. The third-order valence-electron chi connectivity index (χ3n) is 2.33. The summed E-state index contributed by atoms with van der Waals surface area (Å²) in [6.45, 7) is 3.04. The maximum Gasteiger partial charge on any atom is 0.191 e. The number of aryl methyl sites for hydroxylation is 1. The molecule has 9 heteroatoms. The predicted molar refractivity (Wildman–Crippen MR) is 95.0 cm³/mol. The van der Waals surface area contributed by atoms with Crippen molar-refractivity contribution in [1.82, 2.24) is 15.6 Å². The molecular weight excluding hydrogens is 411 g/mol. The van der Waals surface area contributed by atoms with Gasteiger partial charge in [0.05, 0.1) is 16.5 Å². The highest BCUT2D eigenvalue weighted by atomic mass is 127. The van der Waals surface area contributed by atoms with Gasteiger partial charge in [0.15, 0.2) is 5.96 Å². The molecule has 6 nitrogen and oxygen atoms in total. The van der Waals surface area contributed by atoms with Crippen molar-refractivity contribution in [3.8, 4) is 0 Å². The van der Waals surface area contributed by atoms with Crippen LogP contribution in [-0.2, 0) is 16.3 Å². The second kappa shape index (κ2) is 9.50. The van der Waals surface area contributed by atoms with Gasteiger partial charge in [-0.05, 0) is 6.92 Å². The number of sulfone groups is 1. The van der Waals surface area contributed by atoms with Crippen LogP contribution in [0.1, 0.15) is 10.7 Å². The fraction of sp³-hybridized carbons (Fsp3) is 0.636. The molecule has 1 rings (SSSR count). The Morgan fingerprint density at radius 2 is 2.05 bits per heavy atom. The molecule has 0 aliphatic heterocycles. The molecule has 0 bridgehead atoms. The lowest BCUT2D eigenvalue weighted by molar-refractivity contribution is 0.600. The van der Waals surface area contributed by atoms with Gasteiger partial charge in [0.1, 0.15) is 9.84 Å². The number of thiazole rings is 1. The van der Waals surface area contributed by atoms with Gasteiger partial charge in [-0.1, -0.05) is 0 Å². The van der Waals surface area contributed by atoms with E-state index in [4.69, 9.17) is 0 Å². The summed E-state index contributed by atoms with van der Waals surface area (Å²) in [4.78, 5) is 8.39. The summed E-state index contributed by atoms with van der Waals surface area (Å²) >= 11 is 1.63. The zero-order chi connectivity index (χ0) is 14.3. The predicted octanol–water partition coefficient (Wildman–Crippen LogP) is 0.822.